The van der Waals surface area contributed by atoms with E-state index in [0.29, 0.717) is 0 Å². The smallest absolute Gasteiger partial charge is 0.263 e. The monoisotopic (exact) mass is 262 g/mol. The lowest BCUT2D eigenvalue weighted by Gasteiger charge is -2.21. The van der Waals surface area contributed by atoms with Gasteiger partial charge in [0, 0.05) is 19.2 Å². The Bertz CT molecular complexity index is 519. The number of benzene rings is 1. The fraction of sp³-hybridized carbons (Fsp3) is 0.429. The van der Waals surface area contributed by atoms with E-state index in [4.69, 9.17) is 10.00 Å². The Hall–Kier alpha value is -2.09. The molecule has 0 N–H and O–H groups in total. The zero-order chi connectivity index (χ0) is 13.8. The van der Waals surface area contributed by atoms with Gasteiger partial charge in [-0.1, -0.05) is 0 Å². The molecule has 1 amide bonds. The molecule has 0 spiro atoms. The zero-order valence-electron chi connectivity index (χ0n) is 10.7. The van der Waals surface area contributed by atoms with Crippen molar-refractivity contribution in [1.82, 2.24) is 4.90 Å². The van der Waals surface area contributed by atoms with Crippen LogP contribution in [0.2, 0.25) is 0 Å². The summed E-state index contributed by atoms with van der Waals surface area (Å²) in [5.74, 6) is -0.459. The summed E-state index contributed by atoms with van der Waals surface area (Å²) in [6.45, 7) is 3.17. The van der Waals surface area contributed by atoms with Gasteiger partial charge in [0.2, 0.25) is 0 Å². The van der Waals surface area contributed by atoms with Crippen LogP contribution in [0.25, 0.3) is 0 Å². The molecule has 1 aromatic rings. The molecule has 1 saturated heterocycles. The summed E-state index contributed by atoms with van der Waals surface area (Å²) in [6.07, 6.45) is 1.39. The lowest BCUT2D eigenvalue weighted by Crippen LogP contribution is -2.38. The summed E-state index contributed by atoms with van der Waals surface area (Å²) in [4.78, 5) is 13.8. The summed E-state index contributed by atoms with van der Waals surface area (Å²) in [5.41, 5.74) is -0.0362. The number of carbonyl (C=O) groups is 1. The molecule has 4 nitrogen and oxygen atoms in total. The van der Waals surface area contributed by atoms with E-state index in [-0.39, 0.29) is 17.2 Å². The van der Waals surface area contributed by atoms with E-state index in [1.807, 2.05) is 0 Å². The van der Waals surface area contributed by atoms with Crippen LogP contribution < -0.4 is 4.74 Å². The summed E-state index contributed by atoms with van der Waals surface area (Å²) in [6, 6.07) is 5.71. The number of nitriles is 1. The highest BCUT2D eigenvalue weighted by atomic mass is 19.1. The molecule has 1 aromatic carbocycles. The van der Waals surface area contributed by atoms with Crippen molar-refractivity contribution in [2.45, 2.75) is 25.9 Å². The fourth-order valence-electron chi connectivity index (χ4n) is 2.11. The Labute approximate surface area is 111 Å². The van der Waals surface area contributed by atoms with Crippen LogP contribution in [-0.2, 0) is 4.79 Å². The number of ether oxygens (including phenoxy) is 1. The fourth-order valence-corrected chi connectivity index (χ4v) is 2.11. The highest BCUT2D eigenvalue weighted by molar-refractivity contribution is 5.81. The van der Waals surface area contributed by atoms with Crippen LogP contribution >= 0.6 is 0 Å². The van der Waals surface area contributed by atoms with Gasteiger partial charge in [0.1, 0.15) is 17.6 Å². The first-order valence-corrected chi connectivity index (χ1v) is 6.27. The third-order valence-electron chi connectivity index (χ3n) is 3.14. The number of nitrogens with zero attached hydrogens (tertiary/aromatic N) is 2. The molecule has 1 atom stereocenters. The van der Waals surface area contributed by atoms with Crippen LogP contribution in [0, 0.1) is 17.1 Å². The third kappa shape index (κ3) is 3.02. The SMILES string of the molecule is CC(Oc1ccc(C#N)c(F)c1)C(=O)N1CCCC1. The molecule has 0 aliphatic carbocycles. The Morgan fingerprint density at radius 2 is 2.16 bits per heavy atom. The molecule has 1 fully saturated rings. The van der Waals surface area contributed by atoms with Crippen LogP contribution in [0.3, 0.4) is 0 Å². The average Bonchev–Trinajstić information content (AvgIpc) is 2.92. The molecule has 19 heavy (non-hydrogen) atoms. The summed E-state index contributed by atoms with van der Waals surface area (Å²) < 4.78 is 18.8. The Morgan fingerprint density at radius 3 is 2.74 bits per heavy atom. The predicted octanol–water partition coefficient (Wildman–Crippen LogP) is 2.09. The number of carbonyl (C=O) groups excluding carboxylic acids is 1. The molecule has 0 saturated carbocycles. The van der Waals surface area contributed by atoms with Gasteiger partial charge in [0.05, 0.1) is 5.56 Å². The molecule has 0 bridgehead atoms. The van der Waals surface area contributed by atoms with E-state index in [0.717, 1.165) is 32.0 Å². The molecule has 0 radical (unpaired) electrons. The van der Waals surface area contributed by atoms with Crippen molar-refractivity contribution in [3.8, 4) is 11.8 Å². The first-order valence-electron chi connectivity index (χ1n) is 6.27. The molecule has 100 valence electrons. The quantitative estimate of drug-likeness (QED) is 0.838. The van der Waals surface area contributed by atoms with Crippen LogP contribution in [0.4, 0.5) is 4.39 Å². The lowest BCUT2D eigenvalue weighted by atomic mass is 10.2. The summed E-state index contributed by atoms with van der Waals surface area (Å²) in [7, 11) is 0. The Kier molecular flexibility index (Phi) is 4.00. The minimum Gasteiger partial charge on any atom is -0.481 e. The second kappa shape index (κ2) is 5.70. The maximum absolute atomic E-state index is 13.4. The largest absolute Gasteiger partial charge is 0.481 e. The second-order valence-corrected chi connectivity index (χ2v) is 4.55. The van der Waals surface area contributed by atoms with Crippen molar-refractivity contribution in [3.63, 3.8) is 0 Å². The number of hydrogen-bond acceptors (Lipinski definition) is 3. The van der Waals surface area contributed by atoms with E-state index >= 15 is 0 Å². The van der Waals surface area contributed by atoms with Crippen molar-refractivity contribution in [2.24, 2.45) is 0 Å². The van der Waals surface area contributed by atoms with Crippen molar-refractivity contribution in [2.75, 3.05) is 13.1 Å². The highest BCUT2D eigenvalue weighted by Gasteiger charge is 2.24. The highest BCUT2D eigenvalue weighted by Crippen LogP contribution is 2.18. The minimum atomic E-state index is -0.648. The molecular formula is C14H15FN2O2. The van der Waals surface area contributed by atoms with Crippen LogP contribution in [0.15, 0.2) is 18.2 Å². The van der Waals surface area contributed by atoms with Crippen LogP contribution in [-0.4, -0.2) is 30.0 Å². The number of amides is 1. The number of halogens is 1. The number of likely N-dealkylation sites (tertiary alicyclic amines) is 1. The first-order chi connectivity index (χ1) is 9.11. The van der Waals surface area contributed by atoms with Gasteiger partial charge in [-0.15, -0.1) is 0 Å². The van der Waals surface area contributed by atoms with Crippen molar-refractivity contribution >= 4 is 5.91 Å². The van der Waals surface area contributed by atoms with E-state index in [1.165, 1.54) is 12.1 Å². The topological polar surface area (TPSA) is 53.3 Å². The standard InChI is InChI=1S/C14H15FN2O2/c1-10(14(18)17-6-2-3-7-17)19-12-5-4-11(9-16)13(15)8-12/h4-5,8,10H,2-3,6-7H2,1H3. The normalized spacial score (nSPS) is 15.9. The molecule has 1 aliphatic heterocycles. The van der Waals surface area contributed by atoms with Gasteiger partial charge < -0.3 is 9.64 Å². The first kappa shape index (κ1) is 13.3. The molecular weight excluding hydrogens is 247 g/mol. The van der Waals surface area contributed by atoms with Gasteiger partial charge in [0.25, 0.3) is 5.91 Å². The summed E-state index contributed by atoms with van der Waals surface area (Å²) in [5, 5.41) is 8.63. The molecule has 1 unspecified atom stereocenters. The minimum absolute atomic E-state index is 0.0362. The predicted molar refractivity (Wildman–Crippen MR) is 67.0 cm³/mol. The average molecular weight is 262 g/mol. The Morgan fingerprint density at radius 1 is 1.47 bits per heavy atom. The van der Waals surface area contributed by atoms with Gasteiger partial charge >= 0.3 is 0 Å². The van der Waals surface area contributed by atoms with Crippen LogP contribution in [0.5, 0.6) is 5.75 Å². The van der Waals surface area contributed by atoms with E-state index in [1.54, 1.807) is 17.9 Å². The van der Waals surface area contributed by atoms with Crippen molar-refractivity contribution in [3.05, 3.63) is 29.6 Å². The molecule has 2 rings (SSSR count). The van der Waals surface area contributed by atoms with Gasteiger partial charge in [-0.3, -0.25) is 4.79 Å². The molecule has 5 heteroatoms. The van der Waals surface area contributed by atoms with E-state index in [2.05, 4.69) is 0 Å². The van der Waals surface area contributed by atoms with Crippen LogP contribution in [0.1, 0.15) is 25.3 Å². The second-order valence-electron chi connectivity index (χ2n) is 4.55. The van der Waals surface area contributed by atoms with E-state index in [9.17, 15) is 9.18 Å². The lowest BCUT2D eigenvalue weighted by molar-refractivity contribution is -0.136. The van der Waals surface area contributed by atoms with Gasteiger partial charge in [-0.05, 0) is 31.9 Å². The Balaban J connectivity index is 2.02. The van der Waals surface area contributed by atoms with Crippen molar-refractivity contribution in [1.29, 1.82) is 5.26 Å². The number of rotatable bonds is 3. The number of hydrogen-bond donors (Lipinski definition) is 0. The zero-order valence-corrected chi connectivity index (χ0v) is 10.7. The maximum atomic E-state index is 13.4. The van der Waals surface area contributed by atoms with Gasteiger partial charge in [-0.25, -0.2) is 4.39 Å². The van der Waals surface area contributed by atoms with Crippen molar-refractivity contribution < 1.29 is 13.9 Å². The third-order valence-corrected chi connectivity index (χ3v) is 3.14. The molecule has 1 aliphatic rings. The molecule has 0 aromatic heterocycles. The molecule has 1 heterocycles. The maximum Gasteiger partial charge on any atom is 0.263 e. The van der Waals surface area contributed by atoms with Gasteiger partial charge in [0.15, 0.2) is 6.10 Å². The van der Waals surface area contributed by atoms with E-state index < -0.39 is 11.9 Å². The van der Waals surface area contributed by atoms with Gasteiger partial charge in [-0.2, -0.15) is 5.26 Å². The summed E-state index contributed by atoms with van der Waals surface area (Å²) >= 11 is 0.